The molecule has 0 spiro atoms. The smallest absolute Gasteiger partial charge is 0.164 e. The summed E-state index contributed by atoms with van der Waals surface area (Å²) in [6.07, 6.45) is 1.02. The molecule has 0 atom stereocenters. The summed E-state index contributed by atoms with van der Waals surface area (Å²) >= 11 is 12.0. The van der Waals surface area contributed by atoms with Crippen LogP contribution in [0.1, 0.15) is 22.3 Å². The highest BCUT2D eigenvalue weighted by atomic mass is 35.5. The van der Waals surface area contributed by atoms with Gasteiger partial charge in [-0.25, -0.2) is 0 Å². The first-order valence-corrected chi connectivity index (χ1v) is 6.97. The monoisotopic (exact) mass is 308 g/mol. The molecule has 0 heterocycles. The summed E-state index contributed by atoms with van der Waals surface area (Å²) in [5, 5.41) is 0.726. The highest BCUT2D eigenvalue weighted by molar-refractivity contribution is 6.43. The maximum absolute atomic E-state index is 12.2. The molecular weight excluding hydrogens is 295 g/mol. The molecule has 2 aromatic carbocycles. The maximum Gasteiger partial charge on any atom is 0.164 e. The quantitative estimate of drug-likeness (QED) is 0.740. The molecule has 0 radical (unpaired) electrons. The van der Waals surface area contributed by atoms with Crippen LogP contribution in [0.4, 0.5) is 0 Å². The standard InChI is InChI=1S/C16H14Cl2O2/c1-20-12-5-2-4-11(10-12)8-9-15(19)13-6-3-7-14(17)16(13)18/h2-7,10H,8-9H2,1H3. The highest BCUT2D eigenvalue weighted by Gasteiger charge is 2.12. The third-order valence-electron chi connectivity index (χ3n) is 3.03. The van der Waals surface area contributed by atoms with Crippen LogP contribution in [0.2, 0.25) is 10.0 Å². The third kappa shape index (κ3) is 3.53. The summed E-state index contributed by atoms with van der Waals surface area (Å²) in [5.74, 6) is 0.774. The number of Topliss-reactive ketones (excluding diaryl/α,β-unsaturated/α-hetero) is 1. The highest BCUT2D eigenvalue weighted by Crippen LogP contribution is 2.26. The van der Waals surface area contributed by atoms with Crippen molar-refractivity contribution in [2.75, 3.05) is 7.11 Å². The largest absolute Gasteiger partial charge is 0.497 e. The number of rotatable bonds is 5. The van der Waals surface area contributed by atoms with Crippen molar-refractivity contribution in [3.63, 3.8) is 0 Å². The Morgan fingerprint density at radius 3 is 2.65 bits per heavy atom. The predicted octanol–water partition coefficient (Wildman–Crippen LogP) is 4.82. The van der Waals surface area contributed by atoms with Gasteiger partial charge in [0.25, 0.3) is 0 Å². The van der Waals surface area contributed by atoms with Gasteiger partial charge >= 0.3 is 0 Å². The van der Waals surface area contributed by atoms with E-state index in [1.807, 2.05) is 24.3 Å². The molecule has 0 aliphatic heterocycles. The minimum atomic E-state index is -0.0136. The number of hydrogen-bond donors (Lipinski definition) is 0. The van der Waals surface area contributed by atoms with Gasteiger partial charge in [0.15, 0.2) is 5.78 Å². The van der Waals surface area contributed by atoms with Crippen LogP contribution in [0, 0.1) is 0 Å². The topological polar surface area (TPSA) is 26.3 Å². The summed E-state index contributed by atoms with van der Waals surface area (Å²) in [4.78, 5) is 12.2. The molecule has 104 valence electrons. The molecule has 0 aliphatic rings. The number of halogens is 2. The van der Waals surface area contributed by atoms with Gasteiger partial charge in [0.2, 0.25) is 0 Å². The van der Waals surface area contributed by atoms with Crippen molar-refractivity contribution in [3.05, 3.63) is 63.6 Å². The van der Waals surface area contributed by atoms with Crippen LogP contribution < -0.4 is 4.74 Å². The van der Waals surface area contributed by atoms with Gasteiger partial charge in [0.1, 0.15) is 5.75 Å². The maximum atomic E-state index is 12.2. The predicted molar refractivity (Wildman–Crippen MR) is 82.1 cm³/mol. The van der Waals surface area contributed by atoms with E-state index in [4.69, 9.17) is 27.9 Å². The van der Waals surface area contributed by atoms with Crippen molar-refractivity contribution >= 4 is 29.0 Å². The summed E-state index contributed by atoms with van der Waals surface area (Å²) in [5.41, 5.74) is 1.53. The van der Waals surface area contributed by atoms with Gasteiger partial charge in [0, 0.05) is 12.0 Å². The summed E-state index contributed by atoms with van der Waals surface area (Å²) in [6, 6.07) is 12.8. The van der Waals surface area contributed by atoms with E-state index in [0.717, 1.165) is 11.3 Å². The zero-order valence-electron chi connectivity index (χ0n) is 11.0. The number of carbonyl (C=O) groups excluding carboxylic acids is 1. The summed E-state index contributed by atoms with van der Waals surface area (Å²) in [6.45, 7) is 0. The van der Waals surface area contributed by atoms with Gasteiger partial charge < -0.3 is 4.74 Å². The van der Waals surface area contributed by atoms with Crippen molar-refractivity contribution < 1.29 is 9.53 Å². The van der Waals surface area contributed by atoms with Crippen molar-refractivity contribution in [1.29, 1.82) is 0 Å². The fraction of sp³-hybridized carbons (Fsp3) is 0.188. The van der Waals surface area contributed by atoms with Crippen LogP contribution in [0.3, 0.4) is 0 Å². The lowest BCUT2D eigenvalue weighted by molar-refractivity contribution is 0.0983. The van der Waals surface area contributed by atoms with Crippen LogP contribution in [0.15, 0.2) is 42.5 Å². The van der Waals surface area contributed by atoms with Gasteiger partial charge in [-0.2, -0.15) is 0 Å². The number of ketones is 1. The van der Waals surface area contributed by atoms with Gasteiger partial charge in [0.05, 0.1) is 17.2 Å². The fourth-order valence-electron chi connectivity index (χ4n) is 1.94. The molecule has 2 rings (SSSR count). The Hall–Kier alpha value is -1.51. The van der Waals surface area contributed by atoms with E-state index in [0.29, 0.717) is 28.5 Å². The van der Waals surface area contributed by atoms with E-state index in [1.54, 1.807) is 25.3 Å². The van der Waals surface area contributed by atoms with E-state index in [1.165, 1.54) is 0 Å². The van der Waals surface area contributed by atoms with Gasteiger partial charge in [-0.3, -0.25) is 4.79 Å². The molecule has 0 saturated carbocycles. The normalized spacial score (nSPS) is 10.3. The molecule has 0 bridgehead atoms. The van der Waals surface area contributed by atoms with Crippen LogP contribution in [0.5, 0.6) is 5.75 Å². The van der Waals surface area contributed by atoms with Gasteiger partial charge in [-0.05, 0) is 36.2 Å². The fourth-order valence-corrected chi connectivity index (χ4v) is 2.35. The number of hydrogen-bond acceptors (Lipinski definition) is 2. The summed E-state index contributed by atoms with van der Waals surface area (Å²) in [7, 11) is 1.62. The van der Waals surface area contributed by atoms with E-state index in [-0.39, 0.29) is 5.78 Å². The third-order valence-corrected chi connectivity index (χ3v) is 3.85. The van der Waals surface area contributed by atoms with Crippen LogP contribution in [-0.4, -0.2) is 12.9 Å². The molecule has 2 nitrogen and oxygen atoms in total. The number of aryl methyl sites for hydroxylation is 1. The van der Waals surface area contributed by atoms with Crippen molar-refractivity contribution in [2.24, 2.45) is 0 Å². The number of carbonyl (C=O) groups is 1. The molecule has 0 N–H and O–H groups in total. The molecule has 0 aliphatic carbocycles. The lowest BCUT2D eigenvalue weighted by Crippen LogP contribution is -2.02. The molecule has 0 amide bonds. The van der Waals surface area contributed by atoms with Crippen molar-refractivity contribution in [3.8, 4) is 5.75 Å². The average Bonchev–Trinajstić information content (AvgIpc) is 2.48. The number of benzene rings is 2. The minimum Gasteiger partial charge on any atom is -0.497 e. The first-order valence-electron chi connectivity index (χ1n) is 6.22. The molecular formula is C16H14Cl2O2. The Morgan fingerprint density at radius 2 is 1.90 bits per heavy atom. The Morgan fingerprint density at radius 1 is 1.15 bits per heavy atom. The van der Waals surface area contributed by atoms with E-state index >= 15 is 0 Å². The zero-order valence-corrected chi connectivity index (χ0v) is 12.5. The molecule has 0 aromatic heterocycles. The Balaban J connectivity index is 2.06. The van der Waals surface area contributed by atoms with Crippen LogP contribution in [0.25, 0.3) is 0 Å². The summed E-state index contributed by atoms with van der Waals surface area (Å²) < 4.78 is 5.16. The SMILES string of the molecule is COc1cccc(CCC(=O)c2cccc(Cl)c2Cl)c1. The zero-order chi connectivity index (χ0) is 14.5. The van der Waals surface area contributed by atoms with E-state index in [2.05, 4.69) is 0 Å². The molecule has 0 saturated heterocycles. The first-order chi connectivity index (χ1) is 9.61. The first kappa shape index (κ1) is 14.9. The Kier molecular flexibility index (Phi) is 5.05. The van der Waals surface area contributed by atoms with E-state index in [9.17, 15) is 4.79 Å². The Bertz CT molecular complexity index is 624. The molecule has 20 heavy (non-hydrogen) atoms. The van der Waals surface area contributed by atoms with Gasteiger partial charge in [-0.1, -0.05) is 41.4 Å². The van der Waals surface area contributed by atoms with Crippen LogP contribution in [-0.2, 0) is 6.42 Å². The van der Waals surface area contributed by atoms with Crippen molar-refractivity contribution in [2.45, 2.75) is 12.8 Å². The molecule has 2 aromatic rings. The lowest BCUT2D eigenvalue weighted by atomic mass is 10.0. The molecule has 0 fully saturated rings. The average molecular weight is 309 g/mol. The minimum absolute atomic E-state index is 0.0136. The lowest BCUT2D eigenvalue weighted by Gasteiger charge is -2.06. The Labute approximate surface area is 128 Å². The second-order valence-electron chi connectivity index (χ2n) is 4.38. The van der Waals surface area contributed by atoms with Crippen molar-refractivity contribution in [1.82, 2.24) is 0 Å². The second kappa shape index (κ2) is 6.78. The van der Waals surface area contributed by atoms with Crippen LogP contribution >= 0.6 is 23.2 Å². The molecule has 4 heteroatoms. The number of methoxy groups -OCH3 is 1. The van der Waals surface area contributed by atoms with E-state index < -0.39 is 0 Å². The number of ether oxygens (including phenoxy) is 1. The molecule has 0 unspecified atom stereocenters. The second-order valence-corrected chi connectivity index (χ2v) is 5.16. The van der Waals surface area contributed by atoms with Gasteiger partial charge in [-0.15, -0.1) is 0 Å².